The van der Waals surface area contributed by atoms with Gasteiger partial charge in [-0.2, -0.15) is 0 Å². The maximum atomic E-state index is 3.46. The molecule has 110 valence electrons. The van der Waals surface area contributed by atoms with Gasteiger partial charge in [0.05, 0.1) is 0 Å². The molecule has 1 aromatic carbocycles. The van der Waals surface area contributed by atoms with E-state index in [1.165, 1.54) is 57.7 Å². The molecule has 0 bridgehead atoms. The van der Waals surface area contributed by atoms with Crippen LogP contribution in [-0.4, -0.2) is 56.1 Å². The maximum Gasteiger partial charge on any atom is 0.0234 e. The van der Waals surface area contributed by atoms with Gasteiger partial charge in [-0.05, 0) is 50.0 Å². The molecule has 1 aromatic rings. The van der Waals surface area contributed by atoms with Crippen LogP contribution in [0.4, 0.5) is 0 Å². The van der Waals surface area contributed by atoms with Crippen molar-refractivity contribution >= 4 is 0 Å². The summed E-state index contributed by atoms with van der Waals surface area (Å²) in [6, 6.07) is 9.32. The van der Waals surface area contributed by atoms with Crippen molar-refractivity contribution in [3.8, 4) is 0 Å². The zero-order chi connectivity index (χ0) is 13.8. The summed E-state index contributed by atoms with van der Waals surface area (Å²) in [5.41, 5.74) is 3.05. The molecule has 0 unspecified atom stereocenters. The van der Waals surface area contributed by atoms with Crippen LogP contribution >= 0.6 is 0 Å². The number of piperazine rings is 1. The molecule has 3 rings (SSSR count). The van der Waals surface area contributed by atoms with Crippen molar-refractivity contribution in [3.05, 3.63) is 35.4 Å². The van der Waals surface area contributed by atoms with Gasteiger partial charge < -0.3 is 10.2 Å². The number of rotatable bonds is 3. The number of nitrogens with zero attached hydrogens (tertiary/aromatic N) is 2. The van der Waals surface area contributed by atoms with Crippen molar-refractivity contribution < 1.29 is 0 Å². The molecule has 0 spiro atoms. The van der Waals surface area contributed by atoms with Crippen LogP contribution in [0, 0.1) is 0 Å². The minimum Gasteiger partial charge on any atom is -0.317 e. The Morgan fingerprint density at radius 3 is 2.60 bits per heavy atom. The van der Waals surface area contributed by atoms with E-state index in [1.807, 2.05) is 0 Å². The predicted octanol–water partition coefficient (Wildman–Crippen LogP) is 1.90. The van der Waals surface area contributed by atoms with E-state index in [2.05, 4.69) is 46.4 Å². The second kappa shape index (κ2) is 6.70. The molecule has 0 aliphatic carbocycles. The smallest absolute Gasteiger partial charge is 0.0234 e. The van der Waals surface area contributed by atoms with E-state index >= 15 is 0 Å². The lowest BCUT2D eigenvalue weighted by atomic mass is 9.89. The molecule has 2 heterocycles. The number of hydrogen-bond donors (Lipinski definition) is 1. The van der Waals surface area contributed by atoms with Gasteiger partial charge >= 0.3 is 0 Å². The predicted molar refractivity (Wildman–Crippen MR) is 84.1 cm³/mol. The first kappa shape index (κ1) is 14.1. The third kappa shape index (κ3) is 3.60. The van der Waals surface area contributed by atoms with E-state index in [9.17, 15) is 0 Å². The molecular weight excluding hydrogens is 246 g/mol. The summed E-state index contributed by atoms with van der Waals surface area (Å²) in [6.45, 7) is 8.28. The zero-order valence-corrected chi connectivity index (χ0v) is 12.6. The third-order valence-corrected chi connectivity index (χ3v) is 4.76. The molecule has 0 radical (unpaired) electrons. The highest BCUT2D eigenvalue weighted by Gasteiger charge is 2.17. The van der Waals surface area contributed by atoms with E-state index in [0.29, 0.717) is 0 Å². The average molecular weight is 273 g/mol. The zero-order valence-electron chi connectivity index (χ0n) is 12.6. The van der Waals surface area contributed by atoms with Crippen LogP contribution in [0.3, 0.4) is 0 Å². The Bertz CT molecular complexity index is 418. The fourth-order valence-electron chi connectivity index (χ4n) is 3.36. The van der Waals surface area contributed by atoms with Crippen molar-refractivity contribution in [1.29, 1.82) is 0 Å². The van der Waals surface area contributed by atoms with Crippen LogP contribution < -0.4 is 5.32 Å². The maximum absolute atomic E-state index is 3.46. The highest BCUT2D eigenvalue weighted by molar-refractivity contribution is 5.27. The van der Waals surface area contributed by atoms with Gasteiger partial charge in [-0.3, -0.25) is 4.90 Å². The van der Waals surface area contributed by atoms with Crippen molar-refractivity contribution in [2.45, 2.75) is 25.3 Å². The first-order chi connectivity index (χ1) is 9.81. The Morgan fingerprint density at radius 1 is 1.10 bits per heavy atom. The molecule has 1 N–H and O–H groups in total. The lowest BCUT2D eigenvalue weighted by Gasteiger charge is -2.32. The van der Waals surface area contributed by atoms with Crippen LogP contribution in [-0.2, 0) is 6.54 Å². The van der Waals surface area contributed by atoms with Gasteiger partial charge in [0.15, 0.2) is 0 Å². The molecule has 2 aliphatic heterocycles. The van der Waals surface area contributed by atoms with Gasteiger partial charge in [-0.25, -0.2) is 0 Å². The molecule has 2 fully saturated rings. The molecule has 3 heteroatoms. The quantitative estimate of drug-likeness (QED) is 0.907. The Morgan fingerprint density at radius 2 is 1.85 bits per heavy atom. The van der Waals surface area contributed by atoms with Crippen molar-refractivity contribution in [3.63, 3.8) is 0 Å². The van der Waals surface area contributed by atoms with Gasteiger partial charge in [0, 0.05) is 32.7 Å². The third-order valence-electron chi connectivity index (χ3n) is 4.76. The SMILES string of the molecule is CN1CCN(Cc2cccc(C3CCNCC3)c2)CC1. The summed E-state index contributed by atoms with van der Waals surface area (Å²) >= 11 is 0. The standard InChI is InChI=1S/C17H27N3/c1-19-9-11-20(12-10-19)14-15-3-2-4-17(13-15)16-5-7-18-8-6-16/h2-4,13,16,18H,5-12,14H2,1H3. The van der Waals surface area contributed by atoms with E-state index in [0.717, 1.165) is 12.5 Å². The molecule has 0 saturated carbocycles. The number of nitrogens with one attached hydrogen (secondary N) is 1. The van der Waals surface area contributed by atoms with Crippen LogP contribution in [0.1, 0.15) is 29.9 Å². The Balaban J connectivity index is 1.62. The van der Waals surface area contributed by atoms with E-state index in [4.69, 9.17) is 0 Å². The number of likely N-dealkylation sites (N-methyl/N-ethyl adjacent to an activating group) is 1. The Kier molecular flexibility index (Phi) is 4.71. The van der Waals surface area contributed by atoms with Gasteiger partial charge in [0.2, 0.25) is 0 Å². The number of hydrogen-bond acceptors (Lipinski definition) is 3. The number of benzene rings is 1. The normalized spacial score (nSPS) is 23.1. The first-order valence-electron chi connectivity index (χ1n) is 8.02. The second-order valence-corrected chi connectivity index (χ2v) is 6.35. The minimum atomic E-state index is 0.767. The minimum absolute atomic E-state index is 0.767. The summed E-state index contributed by atoms with van der Waals surface area (Å²) < 4.78 is 0. The van der Waals surface area contributed by atoms with Gasteiger partial charge in [0.1, 0.15) is 0 Å². The van der Waals surface area contributed by atoms with E-state index in [1.54, 1.807) is 5.56 Å². The largest absolute Gasteiger partial charge is 0.317 e. The lowest BCUT2D eigenvalue weighted by Crippen LogP contribution is -2.43. The first-order valence-corrected chi connectivity index (χ1v) is 8.02. The van der Waals surface area contributed by atoms with Gasteiger partial charge in [-0.1, -0.05) is 24.3 Å². The highest BCUT2D eigenvalue weighted by atomic mass is 15.2. The molecule has 0 atom stereocenters. The average Bonchev–Trinajstić information content (AvgIpc) is 2.51. The summed E-state index contributed by atoms with van der Waals surface area (Å²) in [5.74, 6) is 0.767. The molecular formula is C17H27N3. The van der Waals surface area contributed by atoms with Crippen molar-refractivity contribution in [2.75, 3.05) is 46.3 Å². The molecule has 3 nitrogen and oxygen atoms in total. The molecule has 20 heavy (non-hydrogen) atoms. The Hall–Kier alpha value is -0.900. The fourth-order valence-corrected chi connectivity index (χ4v) is 3.36. The van der Waals surface area contributed by atoms with Crippen LogP contribution in [0.2, 0.25) is 0 Å². The summed E-state index contributed by atoms with van der Waals surface area (Å²) in [6.07, 6.45) is 2.58. The van der Waals surface area contributed by atoms with E-state index in [-0.39, 0.29) is 0 Å². The Labute approximate surface area is 123 Å². The highest BCUT2D eigenvalue weighted by Crippen LogP contribution is 2.26. The molecule has 0 aromatic heterocycles. The summed E-state index contributed by atoms with van der Waals surface area (Å²) in [7, 11) is 2.22. The summed E-state index contributed by atoms with van der Waals surface area (Å²) in [5, 5.41) is 3.46. The van der Waals surface area contributed by atoms with Gasteiger partial charge in [0.25, 0.3) is 0 Å². The molecule has 2 aliphatic rings. The monoisotopic (exact) mass is 273 g/mol. The lowest BCUT2D eigenvalue weighted by molar-refractivity contribution is 0.148. The fraction of sp³-hybridized carbons (Fsp3) is 0.647. The van der Waals surface area contributed by atoms with Crippen LogP contribution in [0.25, 0.3) is 0 Å². The van der Waals surface area contributed by atoms with Crippen molar-refractivity contribution in [1.82, 2.24) is 15.1 Å². The summed E-state index contributed by atoms with van der Waals surface area (Å²) in [4.78, 5) is 5.00. The molecule has 0 amide bonds. The molecule has 2 saturated heterocycles. The second-order valence-electron chi connectivity index (χ2n) is 6.35. The van der Waals surface area contributed by atoms with Crippen LogP contribution in [0.15, 0.2) is 24.3 Å². The van der Waals surface area contributed by atoms with E-state index < -0.39 is 0 Å². The van der Waals surface area contributed by atoms with Crippen LogP contribution in [0.5, 0.6) is 0 Å². The van der Waals surface area contributed by atoms with Crippen molar-refractivity contribution in [2.24, 2.45) is 0 Å². The number of piperidine rings is 1. The van der Waals surface area contributed by atoms with Gasteiger partial charge in [-0.15, -0.1) is 0 Å². The topological polar surface area (TPSA) is 18.5 Å².